The summed E-state index contributed by atoms with van der Waals surface area (Å²) in [5, 5.41) is 0. The third-order valence-corrected chi connectivity index (χ3v) is 5.00. The Morgan fingerprint density at radius 1 is 1.06 bits per heavy atom. The van der Waals surface area contributed by atoms with E-state index in [9.17, 15) is 4.79 Å². The zero-order valence-corrected chi connectivity index (χ0v) is 10.9. The Labute approximate surface area is 105 Å². The fourth-order valence-electron chi connectivity index (χ4n) is 3.76. The molecule has 1 saturated heterocycles. The number of nitrogens with zero attached hydrogens (tertiary/aromatic N) is 1. The lowest BCUT2D eigenvalue weighted by molar-refractivity contribution is -0.126. The van der Waals surface area contributed by atoms with E-state index in [-0.39, 0.29) is 0 Å². The number of carbonyl (C=O) groups excluding carboxylic acids is 1. The largest absolute Gasteiger partial charge is 0.300 e. The van der Waals surface area contributed by atoms with Gasteiger partial charge in [0.2, 0.25) is 0 Å². The maximum atomic E-state index is 12.1. The molecule has 1 heterocycles. The Morgan fingerprint density at radius 2 is 1.94 bits per heavy atom. The van der Waals surface area contributed by atoms with E-state index >= 15 is 0 Å². The summed E-state index contributed by atoms with van der Waals surface area (Å²) >= 11 is 0. The number of likely N-dealkylation sites (tertiary alicyclic amines) is 1. The summed E-state index contributed by atoms with van der Waals surface area (Å²) in [6.45, 7) is 2.51. The van der Waals surface area contributed by atoms with E-state index in [0.29, 0.717) is 17.7 Å². The lowest BCUT2D eigenvalue weighted by atomic mass is 9.82. The van der Waals surface area contributed by atoms with E-state index < -0.39 is 0 Å². The van der Waals surface area contributed by atoms with Crippen molar-refractivity contribution in [2.24, 2.45) is 11.8 Å². The molecule has 2 atom stereocenters. The summed E-state index contributed by atoms with van der Waals surface area (Å²) in [6, 6.07) is 0.613. The van der Waals surface area contributed by atoms with Crippen molar-refractivity contribution in [2.45, 2.75) is 63.8 Å². The molecule has 0 amide bonds. The van der Waals surface area contributed by atoms with Crippen LogP contribution in [0.3, 0.4) is 0 Å². The van der Waals surface area contributed by atoms with Gasteiger partial charge in [0, 0.05) is 18.4 Å². The first-order valence-corrected chi connectivity index (χ1v) is 7.61. The summed E-state index contributed by atoms with van der Waals surface area (Å²) in [5.41, 5.74) is 0. The summed E-state index contributed by atoms with van der Waals surface area (Å²) < 4.78 is 0. The Kier molecular flexibility index (Phi) is 3.51. The van der Waals surface area contributed by atoms with Gasteiger partial charge in [-0.2, -0.15) is 0 Å². The van der Waals surface area contributed by atoms with Crippen LogP contribution in [-0.4, -0.2) is 29.8 Å². The number of carbonyl (C=O) groups is 1. The number of Topliss-reactive ketones (excluding diaryl/α,β-unsaturated/α-hetero) is 1. The van der Waals surface area contributed by atoms with Crippen molar-refractivity contribution in [2.75, 3.05) is 13.1 Å². The van der Waals surface area contributed by atoms with Crippen molar-refractivity contribution >= 4 is 5.78 Å². The van der Waals surface area contributed by atoms with Gasteiger partial charge in [0.1, 0.15) is 5.78 Å². The van der Waals surface area contributed by atoms with Gasteiger partial charge in [-0.05, 0) is 51.1 Å². The molecule has 3 rings (SSSR count). The maximum absolute atomic E-state index is 12.1. The molecule has 0 radical (unpaired) electrons. The molecule has 3 fully saturated rings. The van der Waals surface area contributed by atoms with Gasteiger partial charge in [0.15, 0.2) is 0 Å². The van der Waals surface area contributed by atoms with Gasteiger partial charge < -0.3 is 0 Å². The van der Waals surface area contributed by atoms with Crippen molar-refractivity contribution in [3.63, 3.8) is 0 Å². The molecule has 0 aromatic carbocycles. The molecule has 2 nitrogen and oxygen atoms in total. The molecule has 0 N–H and O–H groups in total. The number of rotatable bonds is 4. The van der Waals surface area contributed by atoms with Crippen LogP contribution < -0.4 is 0 Å². The fourth-order valence-corrected chi connectivity index (χ4v) is 3.76. The minimum atomic E-state index is 0.394. The van der Waals surface area contributed by atoms with E-state index in [0.717, 1.165) is 18.8 Å². The molecule has 96 valence electrons. The van der Waals surface area contributed by atoms with Crippen LogP contribution in [0.5, 0.6) is 0 Å². The molecule has 1 aliphatic heterocycles. The lowest BCUT2D eigenvalue weighted by Crippen LogP contribution is -2.41. The van der Waals surface area contributed by atoms with Crippen molar-refractivity contribution in [3.8, 4) is 0 Å². The van der Waals surface area contributed by atoms with Crippen LogP contribution in [0.15, 0.2) is 0 Å². The van der Waals surface area contributed by atoms with Crippen LogP contribution in [0.25, 0.3) is 0 Å². The monoisotopic (exact) mass is 235 g/mol. The molecule has 2 saturated carbocycles. The number of hydrogen-bond donors (Lipinski definition) is 0. The van der Waals surface area contributed by atoms with Gasteiger partial charge in [-0.15, -0.1) is 0 Å². The van der Waals surface area contributed by atoms with E-state index in [1.807, 2.05) is 0 Å². The minimum Gasteiger partial charge on any atom is -0.300 e. The Morgan fingerprint density at radius 3 is 2.71 bits per heavy atom. The third kappa shape index (κ3) is 2.73. The van der Waals surface area contributed by atoms with Crippen LogP contribution in [0.1, 0.15) is 57.8 Å². The molecule has 17 heavy (non-hydrogen) atoms. The Bertz CT molecular complexity index is 285. The predicted octanol–water partition coefficient (Wildman–Crippen LogP) is 3.01. The molecule has 3 aliphatic rings. The average Bonchev–Trinajstić information content (AvgIpc) is 3.06. The van der Waals surface area contributed by atoms with Crippen molar-refractivity contribution in [3.05, 3.63) is 0 Å². The quantitative estimate of drug-likeness (QED) is 0.746. The first-order chi connectivity index (χ1) is 8.34. The average molecular weight is 235 g/mol. The predicted molar refractivity (Wildman–Crippen MR) is 68.9 cm³/mol. The summed E-state index contributed by atoms with van der Waals surface area (Å²) in [5.74, 6) is 1.99. The van der Waals surface area contributed by atoms with E-state index in [1.165, 1.54) is 58.0 Å². The van der Waals surface area contributed by atoms with E-state index in [4.69, 9.17) is 0 Å². The van der Waals surface area contributed by atoms with Crippen LogP contribution in [0.4, 0.5) is 0 Å². The van der Waals surface area contributed by atoms with Crippen molar-refractivity contribution < 1.29 is 4.79 Å². The normalized spacial score (nSPS) is 35.4. The first-order valence-electron chi connectivity index (χ1n) is 7.61. The summed E-state index contributed by atoms with van der Waals surface area (Å²) in [6.07, 6.45) is 11.4. The fraction of sp³-hybridized carbons (Fsp3) is 0.933. The molecule has 2 unspecified atom stereocenters. The summed E-state index contributed by atoms with van der Waals surface area (Å²) in [7, 11) is 0. The topological polar surface area (TPSA) is 20.3 Å². The van der Waals surface area contributed by atoms with Gasteiger partial charge in [-0.3, -0.25) is 9.69 Å². The molecule has 0 spiro atoms. The molecule has 2 aliphatic carbocycles. The molecule has 0 aromatic heterocycles. The maximum Gasteiger partial charge on any atom is 0.137 e. The van der Waals surface area contributed by atoms with Crippen molar-refractivity contribution in [1.82, 2.24) is 4.90 Å². The van der Waals surface area contributed by atoms with Gasteiger partial charge in [-0.25, -0.2) is 0 Å². The van der Waals surface area contributed by atoms with E-state index in [2.05, 4.69) is 4.90 Å². The van der Waals surface area contributed by atoms with Crippen LogP contribution in [-0.2, 0) is 4.79 Å². The smallest absolute Gasteiger partial charge is 0.137 e. The second kappa shape index (κ2) is 5.09. The molecule has 0 aromatic rings. The first kappa shape index (κ1) is 11.7. The number of ketones is 1. The zero-order valence-electron chi connectivity index (χ0n) is 10.9. The standard InChI is InChI=1S/C15H25NO/c17-15-6-2-1-4-13(15)14-5-3-10-16(14)11-9-12-7-8-12/h12-14H,1-11H2. The number of hydrogen-bond acceptors (Lipinski definition) is 2. The second-order valence-electron chi connectivity index (χ2n) is 6.30. The molecular formula is C15H25NO. The van der Waals surface area contributed by atoms with Crippen molar-refractivity contribution in [1.29, 1.82) is 0 Å². The molecular weight excluding hydrogens is 210 g/mol. The highest BCUT2D eigenvalue weighted by molar-refractivity contribution is 5.82. The Balaban J connectivity index is 1.57. The van der Waals surface area contributed by atoms with Gasteiger partial charge in [0.05, 0.1) is 0 Å². The highest BCUT2D eigenvalue weighted by Gasteiger charge is 2.37. The Hall–Kier alpha value is -0.370. The van der Waals surface area contributed by atoms with Crippen LogP contribution in [0, 0.1) is 11.8 Å². The molecule has 0 bridgehead atoms. The van der Waals surface area contributed by atoms with Gasteiger partial charge >= 0.3 is 0 Å². The van der Waals surface area contributed by atoms with Gasteiger partial charge in [-0.1, -0.05) is 19.3 Å². The van der Waals surface area contributed by atoms with E-state index in [1.54, 1.807) is 0 Å². The SMILES string of the molecule is O=C1CCCCC1C1CCCN1CCC1CC1. The van der Waals surface area contributed by atoms with Crippen LogP contribution >= 0.6 is 0 Å². The second-order valence-corrected chi connectivity index (χ2v) is 6.30. The summed E-state index contributed by atoms with van der Waals surface area (Å²) in [4.78, 5) is 14.7. The zero-order chi connectivity index (χ0) is 11.7. The lowest BCUT2D eigenvalue weighted by Gasteiger charge is -2.33. The third-order valence-electron chi connectivity index (χ3n) is 5.00. The highest BCUT2D eigenvalue weighted by atomic mass is 16.1. The minimum absolute atomic E-state index is 0.394. The highest BCUT2D eigenvalue weighted by Crippen LogP contribution is 2.36. The van der Waals surface area contributed by atoms with Crippen LogP contribution in [0.2, 0.25) is 0 Å². The van der Waals surface area contributed by atoms with Gasteiger partial charge in [0.25, 0.3) is 0 Å². The molecule has 2 heteroatoms.